The first-order chi connectivity index (χ1) is 12.1. The van der Waals surface area contributed by atoms with Gasteiger partial charge in [-0.15, -0.1) is 0 Å². The van der Waals surface area contributed by atoms with Gasteiger partial charge in [-0.2, -0.15) is 0 Å². The first kappa shape index (κ1) is 20.2. The zero-order valence-electron chi connectivity index (χ0n) is 15.9. The third-order valence-corrected chi connectivity index (χ3v) is 4.73. The Balaban J connectivity index is 1.92. The Kier molecular flexibility index (Phi) is 5.90. The van der Waals surface area contributed by atoms with E-state index >= 15 is 0 Å². The molecule has 2 rings (SSSR count). The summed E-state index contributed by atoms with van der Waals surface area (Å²) >= 11 is 0. The highest BCUT2D eigenvalue weighted by molar-refractivity contribution is 6.08. The molecule has 26 heavy (non-hydrogen) atoms. The highest BCUT2D eigenvalue weighted by Gasteiger charge is 2.47. The van der Waals surface area contributed by atoms with Crippen molar-refractivity contribution >= 4 is 23.8 Å². The summed E-state index contributed by atoms with van der Waals surface area (Å²) in [4.78, 5) is 51.2. The second-order valence-corrected chi connectivity index (χ2v) is 7.14. The number of hydrogen-bond donors (Lipinski definition) is 1. The maximum Gasteiger partial charge on any atom is 0.327 e. The third-order valence-electron chi connectivity index (χ3n) is 4.73. The molecule has 0 aromatic carbocycles. The van der Waals surface area contributed by atoms with Gasteiger partial charge in [-0.25, -0.2) is 4.79 Å². The normalized spacial score (nSPS) is 30.2. The van der Waals surface area contributed by atoms with Crippen LogP contribution in [-0.2, 0) is 23.9 Å². The summed E-state index contributed by atoms with van der Waals surface area (Å²) < 4.78 is 10.7. The molecule has 0 bridgehead atoms. The Morgan fingerprint density at radius 3 is 2.38 bits per heavy atom. The number of carbonyl (C=O) groups excluding carboxylic acids is 4. The molecule has 0 spiro atoms. The number of urea groups is 1. The Labute approximate surface area is 153 Å². The van der Waals surface area contributed by atoms with Crippen molar-refractivity contribution in [3.63, 3.8) is 0 Å². The quantitative estimate of drug-likeness (QED) is 0.551. The van der Waals surface area contributed by atoms with Crippen LogP contribution in [0.3, 0.4) is 0 Å². The van der Waals surface area contributed by atoms with Crippen LogP contribution in [0, 0.1) is 0 Å². The summed E-state index contributed by atoms with van der Waals surface area (Å²) in [5, 5.41) is 2.56. The number of nitrogens with one attached hydrogen (secondary N) is 1. The average Bonchev–Trinajstić information content (AvgIpc) is 2.77. The largest absolute Gasteiger partial charge is 0.451 e. The molecule has 2 aliphatic rings. The van der Waals surface area contributed by atoms with Gasteiger partial charge in [-0.1, -0.05) is 6.92 Å². The number of amides is 4. The highest BCUT2D eigenvalue weighted by atomic mass is 16.5. The van der Waals surface area contributed by atoms with E-state index in [0.29, 0.717) is 19.5 Å². The fourth-order valence-corrected chi connectivity index (χ4v) is 3.16. The van der Waals surface area contributed by atoms with Crippen LogP contribution in [0.2, 0.25) is 0 Å². The molecule has 2 fully saturated rings. The van der Waals surface area contributed by atoms with E-state index < -0.39 is 36.1 Å². The van der Waals surface area contributed by atoms with E-state index in [-0.39, 0.29) is 18.1 Å². The lowest BCUT2D eigenvalue weighted by molar-refractivity contribution is -0.165. The zero-order chi connectivity index (χ0) is 19.6. The van der Waals surface area contributed by atoms with Crippen LogP contribution < -0.4 is 5.32 Å². The summed E-state index contributed by atoms with van der Waals surface area (Å²) in [6, 6.07) is -0.633. The summed E-state index contributed by atoms with van der Waals surface area (Å²) in [5.74, 6) is -1.60. The number of morpholine rings is 1. The number of hydrogen-bond acceptors (Lipinski definition) is 6. The summed E-state index contributed by atoms with van der Waals surface area (Å²) in [7, 11) is 0. The predicted molar refractivity (Wildman–Crippen MR) is 91.1 cm³/mol. The van der Waals surface area contributed by atoms with Gasteiger partial charge in [-0.05, 0) is 34.1 Å². The van der Waals surface area contributed by atoms with Crippen molar-refractivity contribution in [1.82, 2.24) is 15.1 Å². The van der Waals surface area contributed by atoms with E-state index in [9.17, 15) is 19.2 Å². The van der Waals surface area contributed by atoms with Crippen molar-refractivity contribution < 1.29 is 28.7 Å². The van der Waals surface area contributed by atoms with Crippen molar-refractivity contribution in [2.24, 2.45) is 0 Å². The molecule has 0 aromatic rings. The number of esters is 1. The fraction of sp³-hybridized carbons (Fsp3) is 0.765. The summed E-state index contributed by atoms with van der Waals surface area (Å²) in [6.45, 7) is 8.92. The third kappa shape index (κ3) is 4.14. The monoisotopic (exact) mass is 369 g/mol. The minimum absolute atomic E-state index is 0.0942. The van der Waals surface area contributed by atoms with E-state index in [4.69, 9.17) is 9.47 Å². The molecule has 2 aliphatic heterocycles. The molecule has 9 nitrogen and oxygen atoms in total. The van der Waals surface area contributed by atoms with Gasteiger partial charge in [0, 0.05) is 13.1 Å². The van der Waals surface area contributed by atoms with Crippen LogP contribution in [0.4, 0.5) is 4.79 Å². The van der Waals surface area contributed by atoms with Crippen LogP contribution in [-0.4, -0.2) is 77.1 Å². The van der Waals surface area contributed by atoms with Crippen molar-refractivity contribution in [2.45, 2.75) is 64.9 Å². The molecular formula is C17H27N3O6. The Hall–Kier alpha value is -2.16. The molecule has 1 N–H and O–H groups in total. The van der Waals surface area contributed by atoms with Crippen LogP contribution >= 0.6 is 0 Å². The average molecular weight is 369 g/mol. The molecule has 0 saturated carbocycles. The molecule has 4 atom stereocenters. The lowest BCUT2D eigenvalue weighted by Crippen LogP contribution is -2.51. The van der Waals surface area contributed by atoms with Gasteiger partial charge in [0.1, 0.15) is 12.1 Å². The smallest absolute Gasteiger partial charge is 0.327 e. The van der Waals surface area contributed by atoms with Gasteiger partial charge in [-0.3, -0.25) is 19.3 Å². The first-order valence-electron chi connectivity index (χ1n) is 8.85. The number of imide groups is 1. The van der Waals surface area contributed by atoms with Gasteiger partial charge < -0.3 is 19.7 Å². The lowest BCUT2D eigenvalue weighted by atomic mass is 9.99. The molecule has 2 heterocycles. The van der Waals surface area contributed by atoms with Crippen LogP contribution in [0.1, 0.15) is 41.0 Å². The second kappa shape index (κ2) is 7.61. The molecule has 0 aliphatic carbocycles. The molecule has 0 radical (unpaired) electrons. The summed E-state index contributed by atoms with van der Waals surface area (Å²) in [6.07, 6.45) is -0.782. The maximum atomic E-state index is 12.5. The lowest BCUT2D eigenvalue weighted by Gasteiger charge is -2.36. The van der Waals surface area contributed by atoms with Crippen molar-refractivity contribution in [3.8, 4) is 0 Å². The molecular weight excluding hydrogens is 342 g/mol. The van der Waals surface area contributed by atoms with Crippen LogP contribution in [0.15, 0.2) is 0 Å². The molecule has 9 heteroatoms. The van der Waals surface area contributed by atoms with Crippen LogP contribution in [0.5, 0.6) is 0 Å². The van der Waals surface area contributed by atoms with E-state index in [1.165, 1.54) is 6.92 Å². The second-order valence-electron chi connectivity index (χ2n) is 7.14. The van der Waals surface area contributed by atoms with Crippen molar-refractivity contribution in [1.29, 1.82) is 0 Å². The highest BCUT2D eigenvalue weighted by Crippen LogP contribution is 2.20. The van der Waals surface area contributed by atoms with E-state index in [0.717, 1.165) is 4.90 Å². The summed E-state index contributed by atoms with van der Waals surface area (Å²) in [5.41, 5.74) is -1.02. The minimum Gasteiger partial charge on any atom is -0.451 e. The molecule has 4 unspecified atom stereocenters. The molecule has 0 aromatic heterocycles. The number of rotatable bonds is 5. The predicted octanol–water partition coefficient (Wildman–Crippen LogP) is 0.274. The number of ether oxygens (including phenoxy) is 2. The van der Waals surface area contributed by atoms with E-state index in [1.807, 2.05) is 13.8 Å². The van der Waals surface area contributed by atoms with Gasteiger partial charge in [0.05, 0.1) is 12.2 Å². The fourth-order valence-electron chi connectivity index (χ4n) is 3.16. The van der Waals surface area contributed by atoms with Crippen molar-refractivity contribution in [2.75, 3.05) is 19.6 Å². The number of nitrogens with zero attached hydrogens (tertiary/aromatic N) is 2. The van der Waals surface area contributed by atoms with Gasteiger partial charge in [0.15, 0.2) is 6.10 Å². The Bertz CT molecular complexity index is 599. The minimum atomic E-state index is -1.02. The van der Waals surface area contributed by atoms with Gasteiger partial charge in [0.25, 0.3) is 11.8 Å². The maximum absolute atomic E-state index is 12.5. The topological polar surface area (TPSA) is 105 Å². The Morgan fingerprint density at radius 2 is 1.88 bits per heavy atom. The van der Waals surface area contributed by atoms with Gasteiger partial charge in [0.2, 0.25) is 0 Å². The van der Waals surface area contributed by atoms with Crippen LogP contribution in [0.25, 0.3) is 0 Å². The number of carbonyl (C=O) groups is 4. The molecule has 146 valence electrons. The first-order valence-corrected chi connectivity index (χ1v) is 8.85. The Morgan fingerprint density at radius 1 is 1.31 bits per heavy atom. The molecule has 4 amide bonds. The van der Waals surface area contributed by atoms with Gasteiger partial charge >= 0.3 is 12.0 Å². The van der Waals surface area contributed by atoms with E-state index in [1.54, 1.807) is 18.7 Å². The zero-order valence-corrected chi connectivity index (χ0v) is 15.9. The molecule has 2 saturated heterocycles. The SMILES string of the molecule is CCC1(C)NC(=O)N(CC(=O)OC(C)C(=O)N2CC(C)OC(C)C2)C1=O. The standard InChI is InChI=1S/C17H27N3O6/c1-6-17(5)15(23)20(16(24)18-17)9-13(21)26-12(4)14(22)19-7-10(2)25-11(3)8-19/h10-12H,6-9H2,1-5H3,(H,18,24). The van der Waals surface area contributed by atoms with Crippen molar-refractivity contribution in [3.05, 3.63) is 0 Å². The van der Waals surface area contributed by atoms with E-state index in [2.05, 4.69) is 5.32 Å².